The lowest BCUT2D eigenvalue weighted by atomic mass is 9.71. The molecule has 2 aliphatic carbocycles. The molecule has 2 amide bonds. The fourth-order valence-electron chi connectivity index (χ4n) is 4.56. The summed E-state index contributed by atoms with van der Waals surface area (Å²) in [6, 6.07) is 0.926. The zero-order valence-electron chi connectivity index (χ0n) is 17.4. The molecule has 2 rings (SSSR count). The number of amides is 2. The number of nitrogens with two attached hydrogens (primary N) is 4. The number of hydrogen-bond donors (Lipinski definition) is 4. The van der Waals surface area contributed by atoms with E-state index in [0.29, 0.717) is 37.8 Å². The first-order valence-electron chi connectivity index (χ1n) is 10.8. The Bertz CT molecular complexity index is 417. The van der Waals surface area contributed by atoms with Crippen molar-refractivity contribution in [2.75, 3.05) is 0 Å². The van der Waals surface area contributed by atoms with Gasteiger partial charge in [-0.2, -0.15) is 0 Å². The topological polar surface area (TPSA) is 138 Å². The van der Waals surface area contributed by atoms with Gasteiger partial charge in [-0.3, -0.25) is 9.59 Å². The Morgan fingerprint density at radius 1 is 0.741 bits per heavy atom. The summed E-state index contributed by atoms with van der Waals surface area (Å²) in [5.74, 6) is 2.69. The molecular weight excluding hydrogens is 340 g/mol. The van der Waals surface area contributed by atoms with Gasteiger partial charge in [0.15, 0.2) is 0 Å². The second-order valence-electron chi connectivity index (χ2n) is 9.02. The van der Waals surface area contributed by atoms with E-state index in [1.54, 1.807) is 0 Å². The maximum absolute atomic E-state index is 10.2. The Morgan fingerprint density at radius 2 is 1.11 bits per heavy atom. The smallest absolute Gasteiger partial charge is 0.217 e. The van der Waals surface area contributed by atoms with Crippen molar-refractivity contribution in [3.63, 3.8) is 0 Å². The number of carbonyl (C=O) groups is 2. The molecule has 0 aliphatic heterocycles. The molecule has 0 bridgehead atoms. The molecule has 6 heteroatoms. The molecule has 2 saturated carbocycles. The molecule has 0 aromatic carbocycles. The Kier molecular flexibility index (Phi) is 10.9. The van der Waals surface area contributed by atoms with E-state index < -0.39 is 0 Å². The van der Waals surface area contributed by atoms with Crippen molar-refractivity contribution < 1.29 is 9.59 Å². The molecule has 0 saturated heterocycles. The number of primary amides is 2. The maximum atomic E-state index is 10.2. The summed E-state index contributed by atoms with van der Waals surface area (Å²) >= 11 is 0. The van der Waals surface area contributed by atoms with Gasteiger partial charge in [0.25, 0.3) is 0 Å². The van der Waals surface area contributed by atoms with E-state index in [2.05, 4.69) is 13.8 Å². The molecule has 6 unspecified atom stereocenters. The lowest BCUT2D eigenvalue weighted by Gasteiger charge is -2.37. The van der Waals surface area contributed by atoms with E-state index in [1.807, 2.05) is 0 Å². The Balaban J connectivity index is 0.000000314. The summed E-state index contributed by atoms with van der Waals surface area (Å²) < 4.78 is 0. The van der Waals surface area contributed by atoms with E-state index >= 15 is 0 Å². The molecule has 8 N–H and O–H groups in total. The minimum Gasteiger partial charge on any atom is -0.370 e. The molecule has 0 aromatic rings. The second-order valence-corrected chi connectivity index (χ2v) is 9.02. The third-order valence-electron chi connectivity index (χ3n) is 6.45. The predicted octanol–water partition coefficient (Wildman–Crippen LogP) is 2.42. The summed E-state index contributed by atoms with van der Waals surface area (Å²) in [4.78, 5) is 20.3. The fraction of sp³-hybridized carbons (Fsp3) is 0.905. The van der Waals surface area contributed by atoms with Crippen molar-refractivity contribution in [2.45, 2.75) is 96.6 Å². The highest BCUT2D eigenvalue weighted by Gasteiger charge is 2.30. The number of hydrogen-bond acceptors (Lipinski definition) is 4. The van der Waals surface area contributed by atoms with Gasteiger partial charge in [-0.1, -0.05) is 13.8 Å². The molecule has 6 nitrogen and oxygen atoms in total. The van der Waals surface area contributed by atoms with Crippen molar-refractivity contribution in [1.82, 2.24) is 0 Å². The van der Waals surface area contributed by atoms with Crippen LogP contribution in [0.3, 0.4) is 0 Å². The highest BCUT2D eigenvalue weighted by molar-refractivity contribution is 5.74. The molecule has 0 radical (unpaired) electrons. The molecular formula is C21H42N4O2. The van der Waals surface area contributed by atoms with E-state index in [4.69, 9.17) is 22.9 Å². The van der Waals surface area contributed by atoms with Crippen LogP contribution in [-0.4, -0.2) is 23.9 Å². The first-order chi connectivity index (χ1) is 12.7. The van der Waals surface area contributed by atoms with Gasteiger partial charge in [0.2, 0.25) is 11.8 Å². The van der Waals surface area contributed by atoms with Crippen molar-refractivity contribution in [2.24, 2.45) is 46.6 Å². The second kappa shape index (κ2) is 12.3. The summed E-state index contributed by atoms with van der Waals surface area (Å²) in [6.07, 6.45) is 11.4. The average molecular weight is 383 g/mol. The predicted molar refractivity (Wildman–Crippen MR) is 110 cm³/mol. The monoisotopic (exact) mass is 382 g/mol. The minimum absolute atomic E-state index is 0.329. The van der Waals surface area contributed by atoms with E-state index in [0.717, 1.165) is 23.7 Å². The van der Waals surface area contributed by atoms with Crippen molar-refractivity contribution >= 4 is 11.8 Å². The number of unbranched alkanes of at least 4 members (excludes halogenated alkanes) is 1. The Hall–Kier alpha value is -1.14. The molecule has 0 spiro atoms. The van der Waals surface area contributed by atoms with Gasteiger partial charge < -0.3 is 22.9 Å². The van der Waals surface area contributed by atoms with Crippen molar-refractivity contribution in [3.05, 3.63) is 0 Å². The largest absolute Gasteiger partial charge is 0.370 e. The quantitative estimate of drug-likeness (QED) is 0.502. The Labute approximate surface area is 165 Å². The van der Waals surface area contributed by atoms with Crippen LogP contribution in [-0.2, 0) is 9.59 Å². The average Bonchev–Trinajstić information content (AvgIpc) is 2.59. The fourth-order valence-corrected chi connectivity index (χ4v) is 4.56. The zero-order valence-corrected chi connectivity index (χ0v) is 17.4. The van der Waals surface area contributed by atoms with Crippen LogP contribution < -0.4 is 22.9 Å². The molecule has 27 heavy (non-hydrogen) atoms. The Morgan fingerprint density at radius 3 is 1.41 bits per heavy atom. The molecule has 0 aromatic heterocycles. The van der Waals surface area contributed by atoms with E-state index in [9.17, 15) is 9.59 Å². The number of rotatable bonds is 7. The lowest BCUT2D eigenvalue weighted by Crippen LogP contribution is -2.37. The van der Waals surface area contributed by atoms with Crippen LogP contribution in [0.5, 0.6) is 0 Å². The van der Waals surface area contributed by atoms with Gasteiger partial charge in [0.05, 0.1) is 0 Å². The SMILES string of the molecule is CC1CC(CC2CCC(N)C(C)C2)CCC1N.NC(=O)CCCCC(N)=O. The third-order valence-corrected chi connectivity index (χ3v) is 6.45. The van der Waals surface area contributed by atoms with Gasteiger partial charge in [0.1, 0.15) is 0 Å². The maximum Gasteiger partial charge on any atom is 0.217 e. The highest BCUT2D eigenvalue weighted by Crippen LogP contribution is 2.38. The zero-order chi connectivity index (χ0) is 20.4. The van der Waals surface area contributed by atoms with Gasteiger partial charge in [-0.15, -0.1) is 0 Å². The van der Waals surface area contributed by atoms with Crippen LogP contribution >= 0.6 is 0 Å². The van der Waals surface area contributed by atoms with Crippen LogP contribution in [0.15, 0.2) is 0 Å². The van der Waals surface area contributed by atoms with E-state index in [-0.39, 0.29) is 11.8 Å². The van der Waals surface area contributed by atoms with Crippen LogP contribution in [0.25, 0.3) is 0 Å². The summed E-state index contributed by atoms with van der Waals surface area (Å²) in [6.45, 7) is 4.66. The molecule has 2 aliphatic rings. The van der Waals surface area contributed by atoms with Gasteiger partial charge in [-0.25, -0.2) is 0 Å². The molecule has 6 atom stereocenters. The summed E-state index contributed by atoms with van der Waals surface area (Å²) in [7, 11) is 0. The normalized spacial score (nSPS) is 33.6. The highest BCUT2D eigenvalue weighted by atomic mass is 16.1. The van der Waals surface area contributed by atoms with E-state index in [1.165, 1.54) is 44.9 Å². The van der Waals surface area contributed by atoms with Crippen molar-refractivity contribution in [3.8, 4) is 0 Å². The molecule has 158 valence electrons. The lowest BCUT2D eigenvalue weighted by molar-refractivity contribution is -0.119. The van der Waals surface area contributed by atoms with Crippen LogP contribution in [0.2, 0.25) is 0 Å². The van der Waals surface area contributed by atoms with Gasteiger partial charge in [-0.05, 0) is 81.5 Å². The third kappa shape index (κ3) is 10.1. The molecule has 2 fully saturated rings. The van der Waals surface area contributed by atoms with Crippen LogP contribution in [0.1, 0.15) is 84.5 Å². The molecule has 0 heterocycles. The standard InChI is InChI=1S/C15H30N2.C6H12N2O2/c1-10-7-12(3-5-14(10)16)9-13-4-6-15(17)11(2)8-13;7-5(9)3-1-2-4-6(8)10/h10-15H,3-9,16-17H2,1-2H3;1-4H2,(H2,7,9)(H2,8,10). The number of carbonyl (C=O) groups excluding carboxylic acids is 2. The summed E-state index contributed by atoms with van der Waals surface area (Å²) in [5, 5.41) is 0. The first-order valence-corrected chi connectivity index (χ1v) is 10.8. The van der Waals surface area contributed by atoms with Crippen LogP contribution in [0, 0.1) is 23.7 Å². The first kappa shape index (κ1) is 23.9. The van der Waals surface area contributed by atoms with Gasteiger partial charge >= 0.3 is 0 Å². The minimum atomic E-state index is -0.329. The van der Waals surface area contributed by atoms with Crippen molar-refractivity contribution in [1.29, 1.82) is 0 Å². The van der Waals surface area contributed by atoms with Crippen LogP contribution in [0.4, 0.5) is 0 Å². The summed E-state index contributed by atoms with van der Waals surface area (Å²) in [5.41, 5.74) is 21.9. The van der Waals surface area contributed by atoms with Gasteiger partial charge in [0, 0.05) is 24.9 Å².